The molecule has 1 unspecified atom stereocenters. The second-order valence-corrected chi connectivity index (χ2v) is 3.98. The van der Waals surface area contributed by atoms with E-state index in [0.717, 1.165) is 19.3 Å². The van der Waals surface area contributed by atoms with Crippen LogP contribution in [-0.4, -0.2) is 17.2 Å². The molecule has 1 atom stereocenters. The molecule has 1 aromatic rings. The predicted octanol–water partition coefficient (Wildman–Crippen LogP) is 2.32. The third kappa shape index (κ3) is 4.94. The topological polar surface area (TPSA) is 46.5 Å². The zero-order valence-corrected chi connectivity index (χ0v) is 9.77. The second kappa shape index (κ2) is 6.28. The van der Waals surface area contributed by atoms with Crippen LogP contribution in [0, 0.1) is 0 Å². The molecular formula is C13H18O3. The molecule has 1 aromatic carbocycles. The maximum absolute atomic E-state index is 10.7. The Labute approximate surface area is 96.1 Å². The Morgan fingerprint density at radius 2 is 2.00 bits per heavy atom. The molecule has 0 saturated carbocycles. The Morgan fingerprint density at radius 1 is 1.38 bits per heavy atom. The van der Waals surface area contributed by atoms with E-state index >= 15 is 0 Å². The van der Waals surface area contributed by atoms with Crippen LogP contribution in [0.15, 0.2) is 24.3 Å². The SMILES string of the molecule is CC(=O)Oc1ccc(CCCC(C)O)cc1. The van der Waals surface area contributed by atoms with Crippen LogP contribution in [0.1, 0.15) is 32.3 Å². The van der Waals surface area contributed by atoms with Crippen molar-refractivity contribution in [3.63, 3.8) is 0 Å². The van der Waals surface area contributed by atoms with Crippen LogP contribution in [-0.2, 0) is 11.2 Å². The van der Waals surface area contributed by atoms with E-state index in [0.29, 0.717) is 5.75 Å². The maximum atomic E-state index is 10.7. The molecule has 1 N–H and O–H groups in total. The van der Waals surface area contributed by atoms with Crippen molar-refractivity contribution < 1.29 is 14.6 Å². The molecule has 3 nitrogen and oxygen atoms in total. The van der Waals surface area contributed by atoms with Crippen molar-refractivity contribution in [3.05, 3.63) is 29.8 Å². The Bertz CT molecular complexity index is 328. The highest BCUT2D eigenvalue weighted by atomic mass is 16.5. The van der Waals surface area contributed by atoms with Gasteiger partial charge in [-0.05, 0) is 43.9 Å². The molecule has 88 valence electrons. The summed E-state index contributed by atoms with van der Waals surface area (Å²) >= 11 is 0. The van der Waals surface area contributed by atoms with E-state index in [2.05, 4.69) is 0 Å². The smallest absolute Gasteiger partial charge is 0.308 e. The predicted molar refractivity (Wildman–Crippen MR) is 62.4 cm³/mol. The van der Waals surface area contributed by atoms with Gasteiger partial charge in [0.15, 0.2) is 0 Å². The number of hydrogen-bond donors (Lipinski definition) is 1. The highest BCUT2D eigenvalue weighted by molar-refractivity contribution is 5.69. The number of benzene rings is 1. The van der Waals surface area contributed by atoms with E-state index in [4.69, 9.17) is 9.84 Å². The summed E-state index contributed by atoms with van der Waals surface area (Å²) in [5, 5.41) is 9.12. The first kappa shape index (κ1) is 12.7. The van der Waals surface area contributed by atoms with Crippen LogP contribution in [0.2, 0.25) is 0 Å². The highest BCUT2D eigenvalue weighted by Crippen LogP contribution is 2.14. The van der Waals surface area contributed by atoms with E-state index in [1.165, 1.54) is 12.5 Å². The maximum Gasteiger partial charge on any atom is 0.308 e. The third-order valence-corrected chi connectivity index (χ3v) is 2.27. The minimum atomic E-state index is -0.304. The zero-order chi connectivity index (χ0) is 12.0. The first-order valence-electron chi connectivity index (χ1n) is 5.53. The average Bonchev–Trinajstić information content (AvgIpc) is 2.19. The van der Waals surface area contributed by atoms with Crippen LogP contribution >= 0.6 is 0 Å². The Balaban J connectivity index is 2.42. The normalized spacial score (nSPS) is 12.2. The number of carbonyl (C=O) groups excluding carboxylic acids is 1. The van der Waals surface area contributed by atoms with E-state index in [-0.39, 0.29) is 12.1 Å². The van der Waals surface area contributed by atoms with Crippen molar-refractivity contribution in [1.82, 2.24) is 0 Å². The van der Waals surface area contributed by atoms with Crippen LogP contribution in [0.25, 0.3) is 0 Å². The minimum absolute atomic E-state index is 0.236. The van der Waals surface area contributed by atoms with Gasteiger partial charge in [-0.15, -0.1) is 0 Å². The number of ether oxygens (including phenoxy) is 1. The van der Waals surface area contributed by atoms with Gasteiger partial charge in [-0.2, -0.15) is 0 Å². The zero-order valence-electron chi connectivity index (χ0n) is 9.77. The first-order valence-corrected chi connectivity index (χ1v) is 5.53. The minimum Gasteiger partial charge on any atom is -0.427 e. The van der Waals surface area contributed by atoms with Crippen molar-refractivity contribution in [1.29, 1.82) is 0 Å². The number of rotatable bonds is 5. The van der Waals surface area contributed by atoms with Crippen LogP contribution in [0.5, 0.6) is 5.75 Å². The summed E-state index contributed by atoms with van der Waals surface area (Å²) in [7, 11) is 0. The third-order valence-electron chi connectivity index (χ3n) is 2.27. The summed E-state index contributed by atoms with van der Waals surface area (Å²) in [5.41, 5.74) is 1.19. The lowest BCUT2D eigenvalue weighted by Crippen LogP contribution is -2.01. The van der Waals surface area contributed by atoms with Gasteiger partial charge in [0.2, 0.25) is 0 Å². The monoisotopic (exact) mass is 222 g/mol. The van der Waals surface area contributed by atoms with Crippen LogP contribution < -0.4 is 4.74 Å². The Kier molecular flexibility index (Phi) is 4.99. The summed E-state index contributed by atoms with van der Waals surface area (Å²) in [4.78, 5) is 10.7. The van der Waals surface area contributed by atoms with Gasteiger partial charge in [0.1, 0.15) is 5.75 Å². The van der Waals surface area contributed by atoms with Crippen molar-refractivity contribution in [2.45, 2.75) is 39.2 Å². The summed E-state index contributed by atoms with van der Waals surface area (Å²) in [6, 6.07) is 7.47. The molecule has 0 aliphatic carbocycles. The molecule has 0 amide bonds. The van der Waals surface area contributed by atoms with E-state index in [1.54, 1.807) is 19.1 Å². The van der Waals surface area contributed by atoms with Gasteiger partial charge in [0, 0.05) is 6.92 Å². The first-order chi connectivity index (χ1) is 7.58. The largest absolute Gasteiger partial charge is 0.427 e. The Hall–Kier alpha value is -1.35. The van der Waals surface area contributed by atoms with Gasteiger partial charge in [0.25, 0.3) is 0 Å². The standard InChI is InChI=1S/C13H18O3/c1-10(14)4-3-5-12-6-8-13(9-7-12)16-11(2)15/h6-10,14H,3-5H2,1-2H3. The lowest BCUT2D eigenvalue weighted by Gasteiger charge is -2.05. The lowest BCUT2D eigenvalue weighted by molar-refractivity contribution is -0.131. The van der Waals surface area contributed by atoms with Crippen molar-refractivity contribution in [2.75, 3.05) is 0 Å². The number of aliphatic hydroxyl groups excluding tert-OH is 1. The average molecular weight is 222 g/mol. The molecule has 0 bridgehead atoms. The molecule has 0 heterocycles. The molecule has 16 heavy (non-hydrogen) atoms. The van der Waals surface area contributed by atoms with Gasteiger partial charge < -0.3 is 9.84 Å². The molecule has 0 aliphatic rings. The number of esters is 1. The summed E-state index contributed by atoms with van der Waals surface area (Å²) in [5.74, 6) is 0.272. The molecule has 0 spiro atoms. The van der Waals surface area contributed by atoms with Crippen molar-refractivity contribution in [2.24, 2.45) is 0 Å². The van der Waals surface area contributed by atoms with E-state index in [1.807, 2.05) is 12.1 Å². The molecule has 0 aliphatic heterocycles. The lowest BCUT2D eigenvalue weighted by atomic mass is 10.1. The number of aryl methyl sites for hydroxylation is 1. The van der Waals surface area contributed by atoms with E-state index < -0.39 is 0 Å². The molecule has 3 heteroatoms. The Morgan fingerprint density at radius 3 is 2.50 bits per heavy atom. The van der Waals surface area contributed by atoms with Crippen molar-refractivity contribution >= 4 is 5.97 Å². The number of hydrogen-bond acceptors (Lipinski definition) is 3. The van der Waals surface area contributed by atoms with E-state index in [9.17, 15) is 4.79 Å². The summed E-state index contributed by atoms with van der Waals surface area (Å²) < 4.78 is 4.93. The fourth-order valence-electron chi connectivity index (χ4n) is 1.49. The number of aliphatic hydroxyl groups is 1. The molecule has 0 aromatic heterocycles. The second-order valence-electron chi connectivity index (χ2n) is 3.98. The molecule has 0 fully saturated rings. The van der Waals surface area contributed by atoms with Gasteiger partial charge in [-0.3, -0.25) is 4.79 Å². The van der Waals surface area contributed by atoms with Gasteiger partial charge in [-0.1, -0.05) is 12.1 Å². The van der Waals surface area contributed by atoms with Gasteiger partial charge >= 0.3 is 5.97 Å². The molecule has 0 saturated heterocycles. The summed E-state index contributed by atoms with van der Waals surface area (Å²) in [6.07, 6.45) is 2.47. The van der Waals surface area contributed by atoms with Gasteiger partial charge in [-0.25, -0.2) is 0 Å². The van der Waals surface area contributed by atoms with Crippen LogP contribution in [0.4, 0.5) is 0 Å². The van der Waals surface area contributed by atoms with Crippen LogP contribution in [0.3, 0.4) is 0 Å². The fourth-order valence-corrected chi connectivity index (χ4v) is 1.49. The molecule has 1 rings (SSSR count). The van der Waals surface area contributed by atoms with Crippen molar-refractivity contribution in [3.8, 4) is 5.75 Å². The highest BCUT2D eigenvalue weighted by Gasteiger charge is 2.00. The summed E-state index contributed by atoms with van der Waals surface area (Å²) in [6.45, 7) is 3.18. The van der Waals surface area contributed by atoms with Gasteiger partial charge in [0.05, 0.1) is 6.10 Å². The molecular weight excluding hydrogens is 204 g/mol. The number of carbonyl (C=O) groups is 1. The molecule has 0 radical (unpaired) electrons. The quantitative estimate of drug-likeness (QED) is 0.614. The fraction of sp³-hybridized carbons (Fsp3) is 0.462.